The number of amides is 2. The molecule has 2 amide bonds. The Morgan fingerprint density at radius 3 is 2.43 bits per heavy atom. The maximum Gasteiger partial charge on any atom is 0.265 e. The van der Waals surface area contributed by atoms with Gasteiger partial charge in [0, 0.05) is 0 Å². The standard InChI is InChI=1S/C25H25N3O6S/c1-3-34-23-11-7-5-9-20(23)26-24(29)16-22-25(30)27-19-8-4-6-10-21(19)28(22)35(31,32)18-14-12-17(33-2)13-15-18/h4-15,22H,3,16H2,1-2H3,(H,26,29)(H,27,30)/t22-/m0/s1. The molecule has 0 unspecified atom stereocenters. The highest BCUT2D eigenvalue weighted by Gasteiger charge is 2.42. The molecule has 35 heavy (non-hydrogen) atoms. The van der Waals surface area contributed by atoms with Crippen molar-refractivity contribution < 1.29 is 27.5 Å². The van der Waals surface area contributed by atoms with Crippen molar-refractivity contribution in [1.82, 2.24) is 0 Å². The van der Waals surface area contributed by atoms with Crippen LogP contribution in [0.2, 0.25) is 0 Å². The van der Waals surface area contributed by atoms with Crippen LogP contribution < -0.4 is 24.4 Å². The Labute approximate surface area is 203 Å². The van der Waals surface area contributed by atoms with Gasteiger partial charge in [-0.05, 0) is 55.5 Å². The van der Waals surface area contributed by atoms with Crippen molar-refractivity contribution in [3.05, 3.63) is 72.8 Å². The third kappa shape index (κ3) is 4.92. The summed E-state index contributed by atoms with van der Waals surface area (Å²) in [4.78, 5) is 26.0. The van der Waals surface area contributed by atoms with Gasteiger partial charge >= 0.3 is 0 Å². The Morgan fingerprint density at radius 2 is 1.71 bits per heavy atom. The summed E-state index contributed by atoms with van der Waals surface area (Å²) in [6, 6.07) is 18.0. The van der Waals surface area contributed by atoms with E-state index in [0.717, 1.165) is 4.31 Å². The number of benzene rings is 3. The predicted octanol–water partition coefficient (Wildman–Crippen LogP) is 3.64. The highest BCUT2D eigenvalue weighted by Crippen LogP contribution is 2.37. The summed E-state index contributed by atoms with van der Waals surface area (Å²) in [5, 5.41) is 5.44. The van der Waals surface area contributed by atoms with E-state index >= 15 is 0 Å². The van der Waals surface area contributed by atoms with Crippen LogP contribution in [0.25, 0.3) is 0 Å². The quantitative estimate of drug-likeness (QED) is 0.493. The number of anilines is 3. The predicted molar refractivity (Wildman–Crippen MR) is 132 cm³/mol. The zero-order chi connectivity index (χ0) is 25.0. The fraction of sp³-hybridized carbons (Fsp3) is 0.200. The van der Waals surface area contributed by atoms with E-state index < -0.39 is 34.3 Å². The van der Waals surface area contributed by atoms with Crippen molar-refractivity contribution in [3.63, 3.8) is 0 Å². The molecule has 3 aromatic rings. The van der Waals surface area contributed by atoms with Gasteiger partial charge in [-0.15, -0.1) is 0 Å². The second kappa shape index (κ2) is 10.1. The highest BCUT2D eigenvalue weighted by molar-refractivity contribution is 7.93. The Morgan fingerprint density at radius 1 is 1.03 bits per heavy atom. The molecule has 1 heterocycles. The second-order valence-electron chi connectivity index (χ2n) is 7.68. The number of nitrogens with zero attached hydrogens (tertiary/aromatic N) is 1. The van der Waals surface area contributed by atoms with E-state index in [1.165, 1.54) is 31.4 Å². The van der Waals surface area contributed by atoms with Crippen LogP contribution in [0.5, 0.6) is 11.5 Å². The summed E-state index contributed by atoms with van der Waals surface area (Å²) < 4.78 is 39.1. The van der Waals surface area contributed by atoms with E-state index in [-0.39, 0.29) is 10.6 Å². The van der Waals surface area contributed by atoms with Crippen LogP contribution in [-0.4, -0.2) is 40.0 Å². The second-order valence-corrected chi connectivity index (χ2v) is 9.49. The van der Waals surface area contributed by atoms with Crippen LogP contribution in [-0.2, 0) is 19.6 Å². The summed E-state index contributed by atoms with van der Waals surface area (Å²) in [6.45, 7) is 2.23. The number of carbonyl (C=O) groups is 2. The Kier molecular flexibility index (Phi) is 6.92. The first-order valence-corrected chi connectivity index (χ1v) is 12.4. The van der Waals surface area contributed by atoms with Gasteiger partial charge in [-0.25, -0.2) is 8.42 Å². The van der Waals surface area contributed by atoms with Crippen LogP contribution in [0.1, 0.15) is 13.3 Å². The molecule has 0 spiro atoms. The van der Waals surface area contributed by atoms with Gasteiger partial charge in [0.15, 0.2) is 0 Å². The van der Waals surface area contributed by atoms with Gasteiger partial charge in [0.05, 0.1) is 42.1 Å². The first-order chi connectivity index (χ1) is 16.8. The molecule has 0 saturated carbocycles. The molecule has 0 saturated heterocycles. The number of fused-ring (bicyclic) bond motifs is 1. The van der Waals surface area contributed by atoms with Crippen LogP contribution in [0.4, 0.5) is 17.1 Å². The molecule has 9 nitrogen and oxygen atoms in total. The lowest BCUT2D eigenvalue weighted by molar-refractivity contribution is -0.122. The smallest absolute Gasteiger partial charge is 0.265 e. The topological polar surface area (TPSA) is 114 Å². The van der Waals surface area contributed by atoms with E-state index in [9.17, 15) is 18.0 Å². The molecule has 4 rings (SSSR count). The minimum Gasteiger partial charge on any atom is -0.497 e. The third-order valence-corrected chi connectivity index (χ3v) is 7.28. The highest BCUT2D eigenvalue weighted by atomic mass is 32.2. The summed E-state index contributed by atoms with van der Waals surface area (Å²) in [6.07, 6.45) is -0.407. The van der Waals surface area contributed by atoms with Crippen molar-refractivity contribution in [2.75, 3.05) is 28.7 Å². The molecule has 0 bridgehead atoms. The lowest BCUT2D eigenvalue weighted by Gasteiger charge is -2.36. The maximum absolute atomic E-state index is 13.7. The lowest BCUT2D eigenvalue weighted by atomic mass is 10.1. The number of hydrogen-bond acceptors (Lipinski definition) is 6. The Balaban J connectivity index is 1.69. The number of sulfonamides is 1. The molecular weight excluding hydrogens is 470 g/mol. The summed E-state index contributed by atoms with van der Waals surface area (Å²) in [5.41, 5.74) is 1.05. The van der Waals surface area contributed by atoms with Gasteiger partial charge in [0.25, 0.3) is 10.0 Å². The number of methoxy groups -OCH3 is 1. The molecule has 1 aliphatic heterocycles. The molecule has 2 N–H and O–H groups in total. The molecule has 1 aliphatic rings. The van der Waals surface area contributed by atoms with Gasteiger partial charge in [-0.3, -0.25) is 13.9 Å². The monoisotopic (exact) mass is 495 g/mol. The van der Waals surface area contributed by atoms with Gasteiger partial charge in [-0.2, -0.15) is 0 Å². The first-order valence-electron chi connectivity index (χ1n) is 10.9. The van der Waals surface area contributed by atoms with Gasteiger partial charge in [0.2, 0.25) is 11.8 Å². The van der Waals surface area contributed by atoms with E-state index in [4.69, 9.17) is 9.47 Å². The van der Waals surface area contributed by atoms with E-state index in [2.05, 4.69) is 10.6 Å². The molecule has 0 aliphatic carbocycles. The minimum atomic E-state index is -4.21. The van der Waals surface area contributed by atoms with Gasteiger partial charge < -0.3 is 20.1 Å². The van der Waals surface area contributed by atoms with Crippen molar-refractivity contribution in [2.24, 2.45) is 0 Å². The van der Waals surface area contributed by atoms with Gasteiger partial charge in [-0.1, -0.05) is 24.3 Å². The number of carbonyl (C=O) groups excluding carboxylic acids is 2. The molecular formula is C25H25N3O6S. The largest absolute Gasteiger partial charge is 0.497 e. The zero-order valence-electron chi connectivity index (χ0n) is 19.2. The average Bonchev–Trinajstić information content (AvgIpc) is 2.85. The van der Waals surface area contributed by atoms with Gasteiger partial charge in [0.1, 0.15) is 17.5 Å². The van der Waals surface area contributed by atoms with E-state index in [1.807, 2.05) is 6.92 Å². The molecule has 3 aromatic carbocycles. The van der Waals surface area contributed by atoms with Crippen LogP contribution in [0.15, 0.2) is 77.7 Å². The molecule has 0 aromatic heterocycles. The zero-order valence-corrected chi connectivity index (χ0v) is 20.0. The molecule has 182 valence electrons. The molecule has 0 radical (unpaired) electrons. The number of rotatable bonds is 8. The van der Waals surface area contributed by atoms with Crippen molar-refractivity contribution in [2.45, 2.75) is 24.3 Å². The number of ether oxygens (including phenoxy) is 2. The number of nitrogens with one attached hydrogen (secondary N) is 2. The lowest BCUT2D eigenvalue weighted by Crippen LogP contribution is -2.52. The number of para-hydroxylation sites is 4. The third-order valence-electron chi connectivity index (χ3n) is 5.44. The van der Waals surface area contributed by atoms with E-state index in [0.29, 0.717) is 29.5 Å². The average molecular weight is 496 g/mol. The minimum absolute atomic E-state index is 0.0325. The molecule has 0 fully saturated rings. The fourth-order valence-electron chi connectivity index (χ4n) is 3.82. The summed E-state index contributed by atoms with van der Waals surface area (Å²) >= 11 is 0. The normalized spacial score (nSPS) is 15.1. The molecule has 1 atom stereocenters. The van der Waals surface area contributed by atoms with Crippen molar-refractivity contribution in [1.29, 1.82) is 0 Å². The molecule has 10 heteroatoms. The van der Waals surface area contributed by atoms with Crippen LogP contribution >= 0.6 is 0 Å². The Hall–Kier alpha value is -4.05. The van der Waals surface area contributed by atoms with Crippen molar-refractivity contribution in [3.8, 4) is 11.5 Å². The summed E-state index contributed by atoms with van der Waals surface area (Å²) in [5.74, 6) is -0.172. The fourth-order valence-corrected chi connectivity index (χ4v) is 5.45. The first kappa shape index (κ1) is 24.1. The van der Waals surface area contributed by atoms with Crippen molar-refractivity contribution >= 4 is 38.9 Å². The SMILES string of the molecule is CCOc1ccccc1NC(=O)C[C@H]1C(=O)Nc2ccccc2N1S(=O)(=O)c1ccc(OC)cc1. The number of hydrogen-bond donors (Lipinski definition) is 2. The van der Waals surface area contributed by atoms with E-state index in [1.54, 1.807) is 48.5 Å². The maximum atomic E-state index is 13.7. The summed E-state index contributed by atoms with van der Waals surface area (Å²) in [7, 11) is -2.73. The van der Waals surface area contributed by atoms with Crippen LogP contribution in [0.3, 0.4) is 0 Å². The Bertz CT molecular complexity index is 1340. The van der Waals surface area contributed by atoms with Crippen LogP contribution in [0, 0.1) is 0 Å².